The molecule has 0 aliphatic carbocycles. The lowest BCUT2D eigenvalue weighted by molar-refractivity contribution is 0.495. The molecule has 20 heavy (non-hydrogen) atoms. The highest BCUT2D eigenvalue weighted by Gasteiger charge is 2.14. The number of hydrogen-bond acceptors (Lipinski definition) is 2. The van der Waals surface area contributed by atoms with Gasteiger partial charge in [-0.2, -0.15) is 0 Å². The summed E-state index contributed by atoms with van der Waals surface area (Å²) in [6.07, 6.45) is 3.08. The molecule has 0 radical (unpaired) electrons. The van der Waals surface area contributed by atoms with Gasteiger partial charge >= 0.3 is 0 Å². The van der Waals surface area contributed by atoms with Crippen LogP contribution in [0, 0.1) is 5.82 Å². The Bertz CT molecular complexity index is 527. The Morgan fingerprint density at radius 3 is 2.90 bits per heavy atom. The van der Waals surface area contributed by atoms with E-state index in [2.05, 4.69) is 29.8 Å². The first kappa shape index (κ1) is 15.5. The first-order chi connectivity index (χ1) is 9.70. The zero-order chi connectivity index (χ0) is 14.4. The normalized spacial score (nSPS) is 12.6. The summed E-state index contributed by atoms with van der Waals surface area (Å²) in [6, 6.07) is 8.92. The van der Waals surface area contributed by atoms with E-state index in [1.165, 1.54) is 10.9 Å². The zero-order valence-corrected chi connectivity index (χ0v) is 13.1. The van der Waals surface area contributed by atoms with Crippen molar-refractivity contribution in [2.45, 2.75) is 32.2 Å². The van der Waals surface area contributed by atoms with Gasteiger partial charge in [0.2, 0.25) is 0 Å². The van der Waals surface area contributed by atoms with Crippen LogP contribution in [-0.4, -0.2) is 6.54 Å². The van der Waals surface area contributed by atoms with Crippen LogP contribution in [0.5, 0.6) is 0 Å². The fourth-order valence-corrected chi connectivity index (χ4v) is 3.33. The molecule has 0 aliphatic heterocycles. The van der Waals surface area contributed by atoms with E-state index in [0.717, 1.165) is 31.4 Å². The Balaban J connectivity index is 2.00. The van der Waals surface area contributed by atoms with Gasteiger partial charge in [0.25, 0.3) is 0 Å². The summed E-state index contributed by atoms with van der Waals surface area (Å²) in [5.41, 5.74) is 0.861. The molecule has 108 valence electrons. The van der Waals surface area contributed by atoms with Crippen molar-refractivity contribution < 1.29 is 4.39 Å². The van der Waals surface area contributed by atoms with Gasteiger partial charge in [0.1, 0.15) is 5.82 Å². The van der Waals surface area contributed by atoms with Gasteiger partial charge in [-0.3, -0.25) is 0 Å². The van der Waals surface area contributed by atoms with Crippen molar-refractivity contribution in [2.75, 3.05) is 6.54 Å². The van der Waals surface area contributed by atoms with Crippen molar-refractivity contribution >= 4 is 22.9 Å². The van der Waals surface area contributed by atoms with Gasteiger partial charge in [0.05, 0.1) is 0 Å². The molecule has 0 bridgehead atoms. The third kappa shape index (κ3) is 4.30. The Morgan fingerprint density at radius 2 is 2.20 bits per heavy atom. The van der Waals surface area contributed by atoms with E-state index in [9.17, 15) is 4.39 Å². The summed E-state index contributed by atoms with van der Waals surface area (Å²) >= 11 is 7.98. The summed E-state index contributed by atoms with van der Waals surface area (Å²) < 4.78 is 13.4. The molecule has 2 rings (SSSR count). The van der Waals surface area contributed by atoms with E-state index < -0.39 is 0 Å². The maximum absolute atomic E-state index is 13.4. The molecule has 4 heteroatoms. The summed E-state index contributed by atoms with van der Waals surface area (Å²) in [4.78, 5) is 1.39. The standard InChI is InChI=1S/C16H19ClFNS/c1-2-19-16(7-3-5-13-6-4-10-20-13)14-11-12(18)8-9-15(14)17/h4,6,8-11,16,19H,2-3,5,7H2,1H3. The molecule has 0 spiro atoms. The van der Waals surface area contributed by atoms with E-state index in [1.54, 1.807) is 23.5 Å². The molecule has 0 fully saturated rings. The third-order valence-corrected chi connectivity index (χ3v) is 4.56. The largest absolute Gasteiger partial charge is 0.310 e. The molecule has 1 N–H and O–H groups in total. The molecule has 1 unspecified atom stereocenters. The van der Waals surface area contributed by atoms with E-state index >= 15 is 0 Å². The SMILES string of the molecule is CCNC(CCCc1cccs1)c1cc(F)ccc1Cl. The molecule has 2 aromatic rings. The predicted molar refractivity (Wildman–Crippen MR) is 85.1 cm³/mol. The molecule has 0 aliphatic rings. The second-order valence-corrected chi connectivity index (χ2v) is 6.19. The lowest BCUT2D eigenvalue weighted by atomic mass is 10.0. The highest BCUT2D eigenvalue weighted by molar-refractivity contribution is 7.09. The summed E-state index contributed by atoms with van der Waals surface area (Å²) in [5, 5.41) is 6.13. The number of rotatable bonds is 7. The van der Waals surface area contributed by atoms with E-state index in [1.807, 2.05) is 0 Å². The minimum absolute atomic E-state index is 0.114. The number of thiophene rings is 1. The Morgan fingerprint density at radius 1 is 1.35 bits per heavy atom. The van der Waals surface area contributed by atoms with Gasteiger partial charge in [-0.25, -0.2) is 4.39 Å². The molecule has 1 aromatic heterocycles. The van der Waals surface area contributed by atoms with Crippen molar-refractivity contribution in [3.05, 3.63) is 57.0 Å². The lowest BCUT2D eigenvalue weighted by Crippen LogP contribution is -2.21. The summed E-state index contributed by atoms with van der Waals surface area (Å²) in [6.45, 7) is 2.90. The van der Waals surface area contributed by atoms with Gasteiger partial charge in [-0.1, -0.05) is 24.6 Å². The van der Waals surface area contributed by atoms with Gasteiger partial charge in [-0.15, -0.1) is 11.3 Å². The first-order valence-electron chi connectivity index (χ1n) is 6.91. The minimum atomic E-state index is -0.231. The van der Waals surface area contributed by atoms with Crippen molar-refractivity contribution in [2.24, 2.45) is 0 Å². The van der Waals surface area contributed by atoms with Crippen molar-refractivity contribution in [1.29, 1.82) is 0 Å². The van der Waals surface area contributed by atoms with Gasteiger partial charge in [0.15, 0.2) is 0 Å². The highest BCUT2D eigenvalue weighted by atomic mass is 35.5. The molecule has 1 nitrogen and oxygen atoms in total. The summed E-state index contributed by atoms with van der Waals surface area (Å²) in [5.74, 6) is -0.231. The molecule has 1 aromatic carbocycles. The smallest absolute Gasteiger partial charge is 0.123 e. The van der Waals surface area contributed by atoms with Crippen LogP contribution in [0.15, 0.2) is 35.7 Å². The fourth-order valence-electron chi connectivity index (χ4n) is 2.33. The average molecular weight is 312 g/mol. The van der Waals surface area contributed by atoms with E-state index in [-0.39, 0.29) is 11.9 Å². The molecule has 0 amide bonds. The van der Waals surface area contributed by atoms with Crippen molar-refractivity contribution in [3.8, 4) is 0 Å². The van der Waals surface area contributed by atoms with Gasteiger partial charge in [-0.05, 0) is 61.0 Å². The van der Waals surface area contributed by atoms with Crippen LogP contribution in [-0.2, 0) is 6.42 Å². The molecular formula is C16H19ClFNS. The Hall–Kier alpha value is -0.900. The van der Waals surface area contributed by atoms with Crippen molar-refractivity contribution in [1.82, 2.24) is 5.32 Å². The number of aryl methyl sites for hydroxylation is 1. The zero-order valence-electron chi connectivity index (χ0n) is 11.5. The second kappa shape index (κ2) is 7.77. The molecule has 1 atom stereocenters. The van der Waals surface area contributed by atoms with Crippen LogP contribution >= 0.6 is 22.9 Å². The number of nitrogens with one attached hydrogen (secondary N) is 1. The van der Waals surface area contributed by atoms with Crippen LogP contribution in [0.3, 0.4) is 0 Å². The number of halogens is 2. The third-order valence-electron chi connectivity index (χ3n) is 3.28. The number of hydrogen-bond donors (Lipinski definition) is 1. The Kier molecular flexibility index (Phi) is 6.02. The van der Waals surface area contributed by atoms with Gasteiger partial charge in [0, 0.05) is 15.9 Å². The van der Waals surface area contributed by atoms with E-state index in [0.29, 0.717) is 5.02 Å². The Labute approximate surface area is 128 Å². The van der Waals surface area contributed by atoms with Gasteiger partial charge < -0.3 is 5.32 Å². The lowest BCUT2D eigenvalue weighted by Gasteiger charge is -2.19. The van der Waals surface area contributed by atoms with Crippen LogP contribution in [0.1, 0.15) is 36.2 Å². The van der Waals surface area contributed by atoms with Crippen molar-refractivity contribution in [3.63, 3.8) is 0 Å². The second-order valence-electron chi connectivity index (χ2n) is 4.75. The molecule has 0 saturated carbocycles. The van der Waals surface area contributed by atoms with Crippen LogP contribution in [0.4, 0.5) is 4.39 Å². The summed E-state index contributed by atoms with van der Waals surface area (Å²) in [7, 11) is 0. The fraction of sp³-hybridized carbons (Fsp3) is 0.375. The maximum atomic E-state index is 13.4. The minimum Gasteiger partial charge on any atom is -0.310 e. The topological polar surface area (TPSA) is 12.0 Å². The van der Waals surface area contributed by atoms with Crippen LogP contribution in [0.25, 0.3) is 0 Å². The average Bonchev–Trinajstić information content (AvgIpc) is 2.94. The van der Waals surface area contributed by atoms with E-state index in [4.69, 9.17) is 11.6 Å². The molecular weight excluding hydrogens is 293 g/mol. The molecule has 1 heterocycles. The van der Waals surface area contributed by atoms with Crippen LogP contribution < -0.4 is 5.32 Å². The highest BCUT2D eigenvalue weighted by Crippen LogP contribution is 2.28. The predicted octanol–water partition coefficient (Wildman–Crippen LogP) is 5.21. The van der Waals surface area contributed by atoms with Crippen LogP contribution in [0.2, 0.25) is 5.02 Å². The maximum Gasteiger partial charge on any atom is 0.123 e. The first-order valence-corrected chi connectivity index (χ1v) is 8.17. The number of benzene rings is 1. The quantitative estimate of drug-likeness (QED) is 0.739. The molecule has 0 saturated heterocycles. The monoisotopic (exact) mass is 311 g/mol.